The Bertz CT molecular complexity index is 455. The summed E-state index contributed by atoms with van der Waals surface area (Å²) in [4.78, 5) is 1.96. The van der Waals surface area contributed by atoms with Crippen LogP contribution in [0.3, 0.4) is 0 Å². The van der Waals surface area contributed by atoms with E-state index in [1.165, 1.54) is 6.07 Å². The van der Waals surface area contributed by atoms with Gasteiger partial charge in [0.25, 0.3) is 0 Å². The number of nitriles is 1. The first-order chi connectivity index (χ1) is 8.03. The second-order valence-corrected chi connectivity index (χ2v) is 4.73. The van der Waals surface area contributed by atoms with Crippen molar-refractivity contribution in [3.05, 3.63) is 29.6 Å². The van der Waals surface area contributed by atoms with E-state index in [1.807, 2.05) is 11.0 Å². The number of halogens is 1. The lowest BCUT2D eigenvalue weighted by atomic mass is 9.93. The summed E-state index contributed by atoms with van der Waals surface area (Å²) in [6.45, 7) is 3.09. The minimum absolute atomic E-state index is 0.0917. The highest BCUT2D eigenvalue weighted by Crippen LogP contribution is 2.28. The normalized spacial score (nSPS) is 18.8. The Morgan fingerprint density at radius 3 is 2.65 bits per heavy atom. The summed E-state index contributed by atoms with van der Waals surface area (Å²) < 4.78 is 13.5. The van der Waals surface area contributed by atoms with E-state index in [1.54, 1.807) is 19.1 Å². The third kappa shape index (κ3) is 2.40. The van der Waals surface area contributed by atoms with Crippen molar-refractivity contribution in [2.45, 2.75) is 25.4 Å². The molecule has 1 saturated heterocycles. The van der Waals surface area contributed by atoms with Crippen molar-refractivity contribution < 1.29 is 9.50 Å². The van der Waals surface area contributed by atoms with Crippen molar-refractivity contribution in [3.8, 4) is 6.07 Å². The number of hydrogen-bond acceptors (Lipinski definition) is 3. The van der Waals surface area contributed by atoms with Crippen molar-refractivity contribution in [2.75, 3.05) is 18.0 Å². The molecule has 0 spiro atoms. The number of nitrogens with zero attached hydrogens (tertiary/aromatic N) is 2. The lowest BCUT2D eigenvalue weighted by Gasteiger charge is -2.37. The molecule has 90 valence electrons. The number of aliphatic hydroxyl groups is 1. The number of anilines is 1. The van der Waals surface area contributed by atoms with Crippen molar-refractivity contribution in [1.29, 1.82) is 5.26 Å². The Labute approximate surface area is 100 Å². The molecule has 17 heavy (non-hydrogen) atoms. The first-order valence-corrected chi connectivity index (χ1v) is 5.69. The molecule has 3 nitrogen and oxygen atoms in total. The Morgan fingerprint density at radius 2 is 2.06 bits per heavy atom. The van der Waals surface area contributed by atoms with Gasteiger partial charge in [-0.25, -0.2) is 4.39 Å². The topological polar surface area (TPSA) is 47.3 Å². The smallest absolute Gasteiger partial charge is 0.143 e. The SMILES string of the molecule is CC1(O)CCN(c2cccc(F)c2C#N)CC1. The summed E-state index contributed by atoms with van der Waals surface area (Å²) in [5.74, 6) is -0.484. The average Bonchev–Trinajstić information content (AvgIpc) is 2.29. The van der Waals surface area contributed by atoms with E-state index in [0.717, 1.165) is 0 Å². The average molecular weight is 234 g/mol. The third-order valence-electron chi connectivity index (χ3n) is 3.28. The Hall–Kier alpha value is -1.60. The van der Waals surface area contributed by atoms with Crippen LogP contribution >= 0.6 is 0 Å². The van der Waals surface area contributed by atoms with Crippen LogP contribution in [-0.2, 0) is 0 Å². The van der Waals surface area contributed by atoms with E-state index >= 15 is 0 Å². The van der Waals surface area contributed by atoms with E-state index in [-0.39, 0.29) is 5.56 Å². The minimum Gasteiger partial charge on any atom is -0.390 e. The number of benzene rings is 1. The maximum atomic E-state index is 13.5. The summed E-state index contributed by atoms with van der Waals surface area (Å²) in [5, 5.41) is 18.8. The molecular formula is C13H15FN2O. The second-order valence-electron chi connectivity index (χ2n) is 4.73. The predicted molar refractivity (Wildman–Crippen MR) is 63.2 cm³/mol. The van der Waals surface area contributed by atoms with E-state index in [0.29, 0.717) is 31.6 Å². The fourth-order valence-electron chi connectivity index (χ4n) is 2.12. The molecule has 1 N–H and O–H groups in total. The summed E-state index contributed by atoms with van der Waals surface area (Å²) >= 11 is 0. The van der Waals surface area contributed by atoms with Gasteiger partial charge >= 0.3 is 0 Å². The Kier molecular flexibility index (Phi) is 3.03. The monoisotopic (exact) mass is 234 g/mol. The van der Waals surface area contributed by atoms with Gasteiger partial charge < -0.3 is 10.0 Å². The maximum absolute atomic E-state index is 13.5. The molecule has 1 aliphatic heterocycles. The van der Waals surface area contributed by atoms with Gasteiger partial charge in [-0.2, -0.15) is 5.26 Å². The highest BCUT2D eigenvalue weighted by molar-refractivity contribution is 5.60. The zero-order chi connectivity index (χ0) is 12.5. The van der Waals surface area contributed by atoms with Gasteiger partial charge in [-0.1, -0.05) is 6.07 Å². The summed E-state index contributed by atoms with van der Waals surface area (Å²) in [6.07, 6.45) is 1.27. The third-order valence-corrected chi connectivity index (χ3v) is 3.28. The van der Waals surface area contributed by atoms with Gasteiger partial charge in [-0.05, 0) is 31.9 Å². The van der Waals surface area contributed by atoms with Crippen molar-refractivity contribution >= 4 is 5.69 Å². The molecule has 0 saturated carbocycles. The maximum Gasteiger partial charge on any atom is 0.143 e. The fourth-order valence-corrected chi connectivity index (χ4v) is 2.12. The van der Waals surface area contributed by atoms with Crippen LogP contribution in [0.5, 0.6) is 0 Å². The van der Waals surface area contributed by atoms with Gasteiger partial charge in [-0.15, -0.1) is 0 Å². The lowest BCUT2D eigenvalue weighted by Crippen LogP contribution is -2.42. The van der Waals surface area contributed by atoms with Crippen LogP contribution in [0.15, 0.2) is 18.2 Å². The van der Waals surface area contributed by atoms with Gasteiger partial charge in [0.2, 0.25) is 0 Å². The van der Waals surface area contributed by atoms with E-state index in [2.05, 4.69) is 0 Å². The van der Waals surface area contributed by atoms with E-state index < -0.39 is 11.4 Å². The quantitative estimate of drug-likeness (QED) is 0.809. The van der Waals surface area contributed by atoms with Crippen molar-refractivity contribution in [2.24, 2.45) is 0 Å². The predicted octanol–water partition coefficient (Wildman–Crippen LogP) is 2.05. The molecule has 1 aromatic rings. The van der Waals surface area contributed by atoms with Gasteiger partial charge in [0, 0.05) is 13.1 Å². The van der Waals surface area contributed by atoms with Crippen LogP contribution in [0, 0.1) is 17.1 Å². The molecule has 1 fully saturated rings. The van der Waals surface area contributed by atoms with Crippen LogP contribution in [0.1, 0.15) is 25.3 Å². The number of rotatable bonds is 1. The summed E-state index contributed by atoms with van der Waals surface area (Å²) in [6, 6.07) is 6.56. The highest BCUT2D eigenvalue weighted by atomic mass is 19.1. The van der Waals surface area contributed by atoms with Crippen LogP contribution in [0.25, 0.3) is 0 Å². The Balaban J connectivity index is 2.25. The zero-order valence-electron chi connectivity index (χ0n) is 9.78. The zero-order valence-corrected chi connectivity index (χ0v) is 9.78. The first-order valence-electron chi connectivity index (χ1n) is 5.69. The van der Waals surface area contributed by atoms with E-state index in [9.17, 15) is 9.50 Å². The summed E-state index contributed by atoms with van der Waals surface area (Å²) in [5.41, 5.74) is 0.0773. The van der Waals surface area contributed by atoms with Crippen LogP contribution in [-0.4, -0.2) is 23.8 Å². The highest BCUT2D eigenvalue weighted by Gasteiger charge is 2.28. The lowest BCUT2D eigenvalue weighted by molar-refractivity contribution is 0.0351. The molecule has 0 atom stereocenters. The van der Waals surface area contributed by atoms with Gasteiger partial charge in [-0.3, -0.25) is 0 Å². The number of hydrogen-bond donors (Lipinski definition) is 1. The van der Waals surface area contributed by atoms with Gasteiger partial charge in [0.05, 0.1) is 11.3 Å². The number of piperidine rings is 1. The molecule has 0 amide bonds. The molecule has 1 heterocycles. The van der Waals surface area contributed by atoms with Gasteiger partial charge in [0.1, 0.15) is 17.4 Å². The van der Waals surface area contributed by atoms with Crippen LogP contribution in [0.4, 0.5) is 10.1 Å². The molecule has 1 aromatic carbocycles. The molecule has 4 heteroatoms. The molecular weight excluding hydrogens is 219 g/mol. The van der Waals surface area contributed by atoms with Gasteiger partial charge in [0.15, 0.2) is 0 Å². The summed E-state index contributed by atoms with van der Waals surface area (Å²) in [7, 11) is 0. The molecule has 1 aliphatic rings. The molecule has 0 radical (unpaired) electrons. The van der Waals surface area contributed by atoms with Crippen molar-refractivity contribution in [1.82, 2.24) is 0 Å². The molecule has 0 aromatic heterocycles. The molecule has 2 rings (SSSR count). The second kappa shape index (κ2) is 4.34. The van der Waals surface area contributed by atoms with E-state index in [4.69, 9.17) is 5.26 Å². The standard InChI is InChI=1S/C13H15FN2O/c1-13(17)5-7-16(8-6-13)12-4-2-3-11(14)10(12)9-15/h2-4,17H,5-8H2,1H3. The van der Waals surface area contributed by atoms with Crippen molar-refractivity contribution in [3.63, 3.8) is 0 Å². The minimum atomic E-state index is -0.642. The van der Waals surface area contributed by atoms with Crippen LogP contribution < -0.4 is 4.90 Å². The molecule has 0 bridgehead atoms. The Morgan fingerprint density at radius 1 is 1.41 bits per heavy atom. The molecule has 0 aliphatic carbocycles. The molecule has 0 unspecified atom stereocenters. The largest absolute Gasteiger partial charge is 0.390 e. The first kappa shape index (κ1) is 11.9. The van der Waals surface area contributed by atoms with Crippen LogP contribution in [0.2, 0.25) is 0 Å². The fraction of sp³-hybridized carbons (Fsp3) is 0.462.